The first-order chi connectivity index (χ1) is 14.2. The highest BCUT2D eigenvalue weighted by Gasteiger charge is 2.36. The van der Waals surface area contributed by atoms with Crippen LogP contribution in [-0.4, -0.2) is 48.2 Å². The summed E-state index contributed by atoms with van der Waals surface area (Å²) in [6.07, 6.45) is 0. The molecular formula is C22H22N4O3. The Labute approximate surface area is 167 Å². The topological polar surface area (TPSA) is 81.4 Å². The third-order valence-corrected chi connectivity index (χ3v) is 5.87. The van der Waals surface area contributed by atoms with Crippen LogP contribution in [0.4, 0.5) is 5.69 Å². The number of ether oxygens (including phenoxy) is 1. The number of nitrogens with zero attached hydrogens (tertiary/aromatic N) is 2. The maximum absolute atomic E-state index is 12.0. The van der Waals surface area contributed by atoms with Gasteiger partial charge in [0.1, 0.15) is 5.75 Å². The Hall–Kier alpha value is -3.32. The van der Waals surface area contributed by atoms with Crippen LogP contribution in [0.2, 0.25) is 0 Å². The molecule has 0 bridgehead atoms. The molecule has 7 nitrogen and oxygen atoms in total. The summed E-state index contributed by atoms with van der Waals surface area (Å²) < 4.78 is 5.51. The summed E-state index contributed by atoms with van der Waals surface area (Å²) in [5.41, 5.74) is 3.48. The highest BCUT2D eigenvalue weighted by atomic mass is 16.5. The molecule has 1 atom stereocenters. The van der Waals surface area contributed by atoms with E-state index in [9.17, 15) is 9.59 Å². The Kier molecular flexibility index (Phi) is 4.24. The van der Waals surface area contributed by atoms with Gasteiger partial charge >= 0.3 is 11.1 Å². The van der Waals surface area contributed by atoms with Gasteiger partial charge in [0.05, 0.1) is 30.2 Å². The summed E-state index contributed by atoms with van der Waals surface area (Å²) in [6.45, 7) is 3.36. The molecule has 3 aromatic rings. The van der Waals surface area contributed by atoms with E-state index in [1.54, 1.807) is 7.11 Å². The molecule has 2 aromatic carbocycles. The molecule has 7 heteroatoms. The van der Waals surface area contributed by atoms with Crippen molar-refractivity contribution in [3.05, 3.63) is 80.5 Å². The Morgan fingerprint density at radius 2 is 1.59 bits per heavy atom. The number of rotatable bonds is 3. The van der Waals surface area contributed by atoms with Crippen LogP contribution in [0, 0.1) is 0 Å². The van der Waals surface area contributed by atoms with Gasteiger partial charge in [-0.05, 0) is 17.7 Å². The summed E-state index contributed by atoms with van der Waals surface area (Å²) in [5, 5.41) is 0. The highest BCUT2D eigenvalue weighted by molar-refractivity contribution is 5.73. The molecule has 2 heterocycles. The van der Waals surface area contributed by atoms with Crippen LogP contribution in [0.1, 0.15) is 17.3 Å². The average Bonchev–Trinajstić information content (AvgIpc) is 3.07. The van der Waals surface area contributed by atoms with Crippen LogP contribution in [0.5, 0.6) is 5.75 Å². The molecule has 2 N–H and O–H groups in total. The third kappa shape index (κ3) is 2.86. The zero-order chi connectivity index (χ0) is 20.0. The van der Waals surface area contributed by atoms with Crippen LogP contribution in [-0.2, 0) is 0 Å². The second-order valence-corrected chi connectivity index (χ2v) is 7.38. The van der Waals surface area contributed by atoms with E-state index >= 15 is 0 Å². The van der Waals surface area contributed by atoms with E-state index in [0.29, 0.717) is 0 Å². The molecule has 1 aliphatic heterocycles. The molecular weight excluding hydrogens is 368 g/mol. The predicted molar refractivity (Wildman–Crippen MR) is 112 cm³/mol. The van der Waals surface area contributed by atoms with Gasteiger partial charge in [-0.3, -0.25) is 14.5 Å². The van der Waals surface area contributed by atoms with E-state index < -0.39 is 11.1 Å². The number of piperazine rings is 1. The lowest BCUT2D eigenvalue weighted by molar-refractivity contribution is 0.211. The van der Waals surface area contributed by atoms with Gasteiger partial charge in [0.2, 0.25) is 0 Å². The minimum Gasteiger partial charge on any atom is -0.495 e. The number of aromatic nitrogens is 2. The maximum atomic E-state index is 12.0. The largest absolute Gasteiger partial charge is 0.495 e. The van der Waals surface area contributed by atoms with Crippen LogP contribution < -0.4 is 20.8 Å². The van der Waals surface area contributed by atoms with Crippen molar-refractivity contribution in [2.75, 3.05) is 38.2 Å². The number of para-hydroxylation sites is 2. The second-order valence-electron chi connectivity index (χ2n) is 7.38. The minimum absolute atomic E-state index is 0.0643. The van der Waals surface area contributed by atoms with Crippen molar-refractivity contribution in [3.63, 3.8) is 0 Å². The summed E-state index contributed by atoms with van der Waals surface area (Å²) >= 11 is 0. The third-order valence-electron chi connectivity index (χ3n) is 5.87. The van der Waals surface area contributed by atoms with Gasteiger partial charge in [-0.1, -0.05) is 36.4 Å². The number of H-pyrrole nitrogens is 2. The zero-order valence-corrected chi connectivity index (χ0v) is 16.1. The lowest BCUT2D eigenvalue weighted by atomic mass is 10.0. The van der Waals surface area contributed by atoms with E-state index in [4.69, 9.17) is 4.74 Å². The van der Waals surface area contributed by atoms with Crippen molar-refractivity contribution >= 4 is 5.69 Å². The van der Waals surface area contributed by atoms with Crippen molar-refractivity contribution in [2.45, 2.75) is 6.04 Å². The van der Waals surface area contributed by atoms with Crippen molar-refractivity contribution < 1.29 is 4.74 Å². The first kappa shape index (κ1) is 17.8. The molecule has 1 unspecified atom stereocenters. The molecule has 2 aliphatic rings. The number of hydrogen-bond acceptors (Lipinski definition) is 5. The molecule has 148 valence electrons. The molecule has 1 saturated heterocycles. The van der Waals surface area contributed by atoms with Gasteiger partial charge in [-0.15, -0.1) is 0 Å². The lowest BCUT2D eigenvalue weighted by Crippen LogP contribution is -2.48. The van der Waals surface area contributed by atoms with Crippen LogP contribution in [0.3, 0.4) is 0 Å². The zero-order valence-electron chi connectivity index (χ0n) is 16.1. The minimum atomic E-state index is -0.611. The maximum Gasteiger partial charge on any atom is 0.314 e. The smallest absolute Gasteiger partial charge is 0.314 e. The number of fused-ring (bicyclic) bond motifs is 3. The number of benzene rings is 2. The number of methoxy groups -OCH3 is 1. The summed E-state index contributed by atoms with van der Waals surface area (Å²) in [5.74, 6) is 0.874. The summed E-state index contributed by atoms with van der Waals surface area (Å²) in [6, 6.07) is 16.0. The van der Waals surface area contributed by atoms with Gasteiger partial charge in [-0.2, -0.15) is 0 Å². The second kappa shape index (κ2) is 6.93. The van der Waals surface area contributed by atoms with Gasteiger partial charge < -0.3 is 19.6 Å². The van der Waals surface area contributed by atoms with E-state index in [1.165, 1.54) is 0 Å². The van der Waals surface area contributed by atoms with E-state index in [2.05, 4.69) is 31.9 Å². The number of hydrogen-bond donors (Lipinski definition) is 2. The first-order valence-corrected chi connectivity index (χ1v) is 9.75. The Balaban J connectivity index is 1.46. The molecule has 1 fully saturated rings. The molecule has 0 radical (unpaired) electrons. The standard InChI is InChI=1S/C22H22N4O3/c1-29-17-9-5-4-8-16(17)25-10-12-26(13-11-25)20-15-7-3-2-6-14(15)18-19(20)24-22(28)21(27)23-18/h2-9,20H,10-13H2,1H3,(H,23,27)(H,24,28). The summed E-state index contributed by atoms with van der Waals surface area (Å²) in [7, 11) is 1.69. The van der Waals surface area contributed by atoms with Crippen molar-refractivity contribution in [3.8, 4) is 17.0 Å². The van der Waals surface area contributed by atoms with Crippen molar-refractivity contribution in [2.24, 2.45) is 0 Å². The monoisotopic (exact) mass is 390 g/mol. The van der Waals surface area contributed by atoms with E-state index in [-0.39, 0.29) is 6.04 Å². The van der Waals surface area contributed by atoms with Gasteiger partial charge in [-0.25, -0.2) is 0 Å². The average molecular weight is 390 g/mol. The Morgan fingerprint density at radius 3 is 2.38 bits per heavy atom. The highest BCUT2D eigenvalue weighted by Crippen LogP contribution is 2.43. The number of anilines is 1. The van der Waals surface area contributed by atoms with Crippen LogP contribution >= 0.6 is 0 Å². The Morgan fingerprint density at radius 1 is 0.897 bits per heavy atom. The van der Waals surface area contributed by atoms with Gasteiger partial charge in [0.15, 0.2) is 0 Å². The van der Waals surface area contributed by atoms with E-state index in [0.717, 1.165) is 60.1 Å². The van der Waals surface area contributed by atoms with Crippen molar-refractivity contribution in [1.82, 2.24) is 14.9 Å². The molecule has 0 spiro atoms. The molecule has 1 aliphatic carbocycles. The van der Waals surface area contributed by atoms with Crippen LogP contribution in [0.15, 0.2) is 58.1 Å². The molecule has 1 aromatic heterocycles. The predicted octanol–water partition coefficient (Wildman–Crippen LogP) is 1.96. The van der Waals surface area contributed by atoms with Gasteiger partial charge in [0, 0.05) is 31.7 Å². The normalized spacial score (nSPS) is 18.4. The summed E-state index contributed by atoms with van der Waals surface area (Å²) in [4.78, 5) is 34.2. The molecule has 5 rings (SSSR count). The van der Waals surface area contributed by atoms with Crippen LogP contribution in [0.25, 0.3) is 11.3 Å². The molecule has 0 saturated carbocycles. The molecule has 0 amide bonds. The van der Waals surface area contributed by atoms with E-state index in [1.807, 2.05) is 36.4 Å². The van der Waals surface area contributed by atoms with Gasteiger partial charge in [0.25, 0.3) is 0 Å². The quantitative estimate of drug-likeness (QED) is 0.669. The molecule has 29 heavy (non-hydrogen) atoms. The lowest BCUT2D eigenvalue weighted by Gasteiger charge is -2.39. The number of nitrogens with one attached hydrogen (secondary N) is 2. The van der Waals surface area contributed by atoms with Crippen molar-refractivity contribution in [1.29, 1.82) is 0 Å². The fourth-order valence-corrected chi connectivity index (χ4v) is 4.51. The first-order valence-electron chi connectivity index (χ1n) is 9.75. The fourth-order valence-electron chi connectivity index (χ4n) is 4.51. The fraction of sp³-hybridized carbons (Fsp3) is 0.273. The Bertz CT molecular complexity index is 1170. The number of aromatic amines is 2. The SMILES string of the molecule is COc1ccccc1N1CCN(C2c3ccccc3-c3[nH]c(=O)c(=O)[nH]c32)CC1.